The summed E-state index contributed by atoms with van der Waals surface area (Å²) in [5.41, 5.74) is 3.97. The molecule has 1 aromatic heterocycles. The van der Waals surface area contributed by atoms with Crippen molar-refractivity contribution in [2.45, 2.75) is 6.92 Å². The van der Waals surface area contributed by atoms with Crippen LogP contribution in [0.1, 0.15) is 15.9 Å². The van der Waals surface area contributed by atoms with Crippen molar-refractivity contribution < 1.29 is 9.53 Å². The number of amides is 1. The summed E-state index contributed by atoms with van der Waals surface area (Å²) < 4.78 is 5.24. The minimum atomic E-state index is -0.274. The third kappa shape index (κ3) is 3.98. The van der Waals surface area contributed by atoms with E-state index in [1.165, 1.54) is 7.11 Å². The number of ether oxygens (including phenoxy) is 1. The maximum atomic E-state index is 12.4. The molecular formula is C20H17ClN2O2. The molecule has 5 heteroatoms. The van der Waals surface area contributed by atoms with E-state index in [1.54, 1.807) is 30.5 Å². The molecule has 2 aromatic carbocycles. The smallest absolute Gasteiger partial charge is 0.257 e. The molecule has 0 aliphatic heterocycles. The van der Waals surface area contributed by atoms with Crippen LogP contribution in [0.5, 0.6) is 5.75 Å². The summed E-state index contributed by atoms with van der Waals surface area (Å²) in [5.74, 6) is 0.269. The summed E-state index contributed by atoms with van der Waals surface area (Å²) >= 11 is 5.99. The standard InChI is InChI=1S/C20H17ClN2O2/c1-13-4-3-5-14(10-13)17-8-6-15(12-22-17)20(24)23-18-11-16(21)7-9-19(18)25-2/h3-12H,1-2H3,(H,23,24). The Bertz CT molecular complexity index is 908. The summed E-state index contributed by atoms with van der Waals surface area (Å²) in [6.45, 7) is 2.03. The van der Waals surface area contributed by atoms with E-state index in [0.29, 0.717) is 22.0 Å². The van der Waals surface area contributed by atoms with Gasteiger partial charge in [0.25, 0.3) is 5.91 Å². The number of hydrogen-bond donors (Lipinski definition) is 1. The molecule has 0 atom stereocenters. The number of benzene rings is 2. The molecule has 1 N–H and O–H groups in total. The quantitative estimate of drug-likeness (QED) is 0.721. The summed E-state index contributed by atoms with van der Waals surface area (Å²) in [4.78, 5) is 16.8. The van der Waals surface area contributed by atoms with Crippen molar-refractivity contribution in [3.63, 3.8) is 0 Å². The number of halogens is 1. The first-order valence-corrected chi connectivity index (χ1v) is 8.12. The van der Waals surface area contributed by atoms with Gasteiger partial charge in [-0.25, -0.2) is 0 Å². The number of methoxy groups -OCH3 is 1. The van der Waals surface area contributed by atoms with Gasteiger partial charge in [0.05, 0.1) is 24.1 Å². The van der Waals surface area contributed by atoms with Gasteiger partial charge in [-0.05, 0) is 43.3 Å². The van der Waals surface area contributed by atoms with Gasteiger partial charge in [-0.2, -0.15) is 0 Å². The number of carbonyl (C=O) groups is 1. The molecule has 1 heterocycles. The minimum absolute atomic E-state index is 0.274. The highest BCUT2D eigenvalue weighted by Gasteiger charge is 2.11. The monoisotopic (exact) mass is 352 g/mol. The maximum absolute atomic E-state index is 12.4. The van der Waals surface area contributed by atoms with Crippen LogP contribution in [0.3, 0.4) is 0 Å². The van der Waals surface area contributed by atoms with E-state index in [-0.39, 0.29) is 5.91 Å². The Morgan fingerprint density at radius 2 is 1.96 bits per heavy atom. The number of nitrogens with zero attached hydrogens (tertiary/aromatic N) is 1. The van der Waals surface area contributed by atoms with Gasteiger partial charge in [0.15, 0.2) is 0 Å². The predicted molar refractivity (Wildman–Crippen MR) is 100 cm³/mol. The molecule has 0 aliphatic carbocycles. The zero-order valence-electron chi connectivity index (χ0n) is 13.9. The number of anilines is 1. The Labute approximate surface area is 151 Å². The van der Waals surface area contributed by atoms with Crippen molar-refractivity contribution >= 4 is 23.2 Å². The summed E-state index contributed by atoms with van der Waals surface area (Å²) in [6.07, 6.45) is 1.56. The number of pyridine rings is 1. The number of nitrogens with one attached hydrogen (secondary N) is 1. The Kier molecular flexibility index (Phi) is 5.00. The van der Waals surface area contributed by atoms with Crippen LogP contribution in [0.4, 0.5) is 5.69 Å². The second-order valence-electron chi connectivity index (χ2n) is 5.60. The third-order valence-corrected chi connectivity index (χ3v) is 3.98. The Hall–Kier alpha value is -2.85. The molecule has 25 heavy (non-hydrogen) atoms. The van der Waals surface area contributed by atoms with Crippen molar-refractivity contribution in [2.75, 3.05) is 12.4 Å². The molecule has 0 radical (unpaired) electrons. The molecule has 1 amide bonds. The minimum Gasteiger partial charge on any atom is -0.495 e. The molecule has 3 aromatic rings. The summed E-state index contributed by atoms with van der Waals surface area (Å²) in [5, 5.41) is 3.32. The van der Waals surface area contributed by atoms with Crippen molar-refractivity contribution in [1.29, 1.82) is 0 Å². The van der Waals surface area contributed by atoms with Gasteiger partial charge in [-0.3, -0.25) is 9.78 Å². The maximum Gasteiger partial charge on any atom is 0.257 e. The highest BCUT2D eigenvalue weighted by atomic mass is 35.5. The lowest BCUT2D eigenvalue weighted by atomic mass is 10.1. The van der Waals surface area contributed by atoms with Crippen LogP contribution in [-0.4, -0.2) is 18.0 Å². The molecule has 0 saturated heterocycles. The van der Waals surface area contributed by atoms with Crippen LogP contribution in [-0.2, 0) is 0 Å². The fourth-order valence-electron chi connectivity index (χ4n) is 2.48. The average Bonchev–Trinajstić information content (AvgIpc) is 2.62. The molecule has 0 bridgehead atoms. The van der Waals surface area contributed by atoms with Crippen LogP contribution in [0.15, 0.2) is 60.8 Å². The van der Waals surface area contributed by atoms with E-state index < -0.39 is 0 Å². The van der Waals surface area contributed by atoms with Gasteiger partial charge in [-0.15, -0.1) is 0 Å². The first kappa shape index (κ1) is 17.0. The molecule has 0 saturated carbocycles. The molecule has 4 nitrogen and oxygen atoms in total. The van der Waals surface area contributed by atoms with E-state index in [4.69, 9.17) is 16.3 Å². The van der Waals surface area contributed by atoms with Crippen molar-refractivity contribution in [3.05, 3.63) is 76.9 Å². The van der Waals surface area contributed by atoms with Crippen molar-refractivity contribution in [3.8, 4) is 17.0 Å². The molecule has 0 spiro atoms. The fourth-order valence-corrected chi connectivity index (χ4v) is 2.65. The molecular weight excluding hydrogens is 336 g/mol. The topological polar surface area (TPSA) is 51.2 Å². The van der Waals surface area contributed by atoms with Crippen molar-refractivity contribution in [2.24, 2.45) is 0 Å². The van der Waals surface area contributed by atoms with E-state index in [9.17, 15) is 4.79 Å². The molecule has 0 unspecified atom stereocenters. The first-order chi connectivity index (χ1) is 12.1. The van der Waals surface area contributed by atoms with E-state index >= 15 is 0 Å². The van der Waals surface area contributed by atoms with Crippen LogP contribution >= 0.6 is 11.6 Å². The Morgan fingerprint density at radius 1 is 1.12 bits per heavy atom. The number of rotatable bonds is 4. The van der Waals surface area contributed by atoms with Gasteiger partial charge < -0.3 is 10.1 Å². The zero-order valence-corrected chi connectivity index (χ0v) is 14.7. The lowest BCUT2D eigenvalue weighted by Gasteiger charge is -2.10. The number of hydrogen-bond acceptors (Lipinski definition) is 3. The van der Waals surface area contributed by atoms with E-state index in [1.807, 2.05) is 31.2 Å². The van der Waals surface area contributed by atoms with E-state index in [2.05, 4.69) is 16.4 Å². The number of aromatic nitrogens is 1. The Balaban J connectivity index is 1.81. The Morgan fingerprint density at radius 3 is 2.64 bits per heavy atom. The zero-order chi connectivity index (χ0) is 17.8. The molecule has 0 aliphatic rings. The summed E-state index contributed by atoms with van der Waals surface area (Å²) in [7, 11) is 1.54. The lowest BCUT2D eigenvalue weighted by Crippen LogP contribution is -2.13. The van der Waals surface area contributed by atoms with Gasteiger partial charge in [0.1, 0.15) is 5.75 Å². The average molecular weight is 353 g/mol. The fraction of sp³-hybridized carbons (Fsp3) is 0.100. The van der Waals surface area contributed by atoms with Crippen LogP contribution in [0.25, 0.3) is 11.3 Å². The third-order valence-electron chi connectivity index (χ3n) is 3.75. The van der Waals surface area contributed by atoms with Gasteiger partial charge in [-0.1, -0.05) is 35.4 Å². The van der Waals surface area contributed by atoms with Crippen LogP contribution in [0.2, 0.25) is 5.02 Å². The highest BCUT2D eigenvalue weighted by Crippen LogP contribution is 2.28. The molecule has 126 valence electrons. The largest absolute Gasteiger partial charge is 0.495 e. The van der Waals surface area contributed by atoms with E-state index in [0.717, 1.165) is 16.8 Å². The second-order valence-corrected chi connectivity index (χ2v) is 6.04. The van der Waals surface area contributed by atoms with Crippen LogP contribution in [0, 0.1) is 6.92 Å². The predicted octanol–water partition coefficient (Wildman–Crippen LogP) is 4.97. The number of aryl methyl sites for hydroxylation is 1. The van der Waals surface area contributed by atoms with Gasteiger partial charge >= 0.3 is 0 Å². The van der Waals surface area contributed by atoms with Crippen LogP contribution < -0.4 is 10.1 Å². The van der Waals surface area contributed by atoms with Gasteiger partial charge in [0, 0.05) is 16.8 Å². The second kappa shape index (κ2) is 7.36. The highest BCUT2D eigenvalue weighted by molar-refractivity contribution is 6.31. The lowest BCUT2D eigenvalue weighted by molar-refractivity contribution is 0.102. The first-order valence-electron chi connectivity index (χ1n) is 7.75. The van der Waals surface area contributed by atoms with Gasteiger partial charge in [0.2, 0.25) is 0 Å². The number of carbonyl (C=O) groups excluding carboxylic acids is 1. The SMILES string of the molecule is COc1ccc(Cl)cc1NC(=O)c1ccc(-c2cccc(C)c2)nc1. The van der Waals surface area contributed by atoms with Crippen molar-refractivity contribution in [1.82, 2.24) is 4.98 Å². The molecule has 0 fully saturated rings. The summed E-state index contributed by atoms with van der Waals surface area (Å²) in [6, 6.07) is 16.7. The molecule has 3 rings (SSSR count). The normalized spacial score (nSPS) is 10.4.